The Bertz CT molecular complexity index is 996. The van der Waals surface area contributed by atoms with E-state index in [1.165, 1.54) is 14.2 Å². The predicted octanol–water partition coefficient (Wildman–Crippen LogP) is 3.24. The molecule has 3 rings (SSSR count). The summed E-state index contributed by atoms with van der Waals surface area (Å²) < 4.78 is 15.7. The normalized spacial score (nSPS) is 13.5. The van der Waals surface area contributed by atoms with Crippen LogP contribution in [0, 0.1) is 0 Å². The molecule has 2 aromatic rings. The fourth-order valence-corrected chi connectivity index (χ4v) is 4.13. The van der Waals surface area contributed by atoms with Crippen molar-refractivity contribution in [3.05, 3.63) is 48.0 Å². The molecule has 2 N–H and O–H groups in total. The van der Waals surface area contributed by atoms with Crippen molar-refractivity contribution >= 4 is 23.4 Å². The number of amides is 3. The minimum absolute atomic E-state index is 0.0488. The Morgan fingerprint density at radius 2 is 1.43 bits per heavy atom. The van der Waals surface area contributed by atoms with Gasteiger partial charge in [-0.2, -0.15) is 0 Å². The van der Waals surface area contributed by atoms with E-state index < -0.39 is 5.91 Å². The average Bonchev–Trinajstić information content (AvgIpc) is 2.90. The number of methoxy groups -OCH3 is 3. The van der Waals surface area contributed by atoms with Gasteiger partial charge in [0.05, 0.1) is 27.9 Å². The third-order valence-corrected chi connectivity index (χ3v) is 6.01. The second-order valence-electron chi connectivity index (χ2n) is 8.38. The molecule has 3 amide bonds. The first-order valence-corrected chi connectivity index (χ1v) is 11.7. The molecule has 0 heterocycles. The number of nitrogens with zero attached hydrogens (tertiary/aromatic N) is 1. The molecule has 1 aliphatic carbocycles. The van der Waals surface area contributed by atoms with E-state index in [0.29, 0.717) is 28.5 Å². The zero-order chi connectivity index (χ0) is 25.2. The van der Waals surface area contributed by atoms with Gasteiger partial charge in [0.25, 0.3) is 5.91 Å². The van der Waals surface area contributed by atoms with E-state index in [4.69, 9.17) is 14.2 Å². The Labute approximate surface area is 205 Å². The van der Waals surface area contributed by atoms with E-state index in [2.05, 4.69) is 10.6 Å². The molecular weight excluding hydrogens is 450 g/mol. The van der Waals surface area contributed by atoms with E-state index in [1.807, 2.05) is 0 Å². The van der Waals surface area contributed by atoms with Crippen LogP contribution < -0.4 is 24.8 Å². The summed E-state index contributed by atoms with van der Waals surface area (Å²) in [6.45, 7) is -0.344. The van der Waals surface area contributed by atoms with Gasteiger partial charge in [-0.3, -0.25) is 14.4 Å². The first kappa shape index (κ1) is 25.9. The maximum atomic E-state index is 13.5. The molecule has 0 aromatic heterocycles. The van der Waals surface area contributed by atoms with Crippen molar-refractivity contribution in [3.63, 3.8) is 0 Å². The van der Waals surface area contributed by atoms with Crippen molar-refractivity contribution in [2.24, 2.45) is 0 Å². The molecule has 1 saturated carbocycles. The molecule has 0 spiro atoms. The van der Waals surface area contributed by atoms with Crippen molar-refractivity contribution < 1.29 is 28.6 Å². The Morgan fingerprint density at radius 1 is 0.829 bits per heavy atom. The lowest BCUT2D eigenvalue weighted by atomic mass is 9.93. The van der Waals surface area contributed by atoms with Gasteiger partial charge in [-0.15, -0.1) is 0 Å². The molecule has 0 saturated heterocycles. The van der Waals surface area contributed by atoms with E-state index in [1.54, 1.807) is 54.5 Å². The molecule has 2 aromatic carbocycles. The number of benzene rings is 2. The van der Waals surface area contributed by atoms with E-state index in [-0.39, 0.29) is 30.9 Å². The standard InChI is InChI=1S/C26H33N3O6/c1-33-21-11-9-19(10-12-21)28-24(30)16-27-25(31)17-29(20-7-5-4-6-8-20)26(32)18-13-22(34-2)15-23(14-18)35-3/h9-15,20H,4-8,16-17H2,1-3H3,(H,27,31)(H,28,30). The third kappa shape index (κ3) is 7.37. The molecule has 0 bridgehead atoms. The van der Waals surface area contributed by atoms with Gasteiger partial charge in [-0.1, -0.05) is 19.3 Å². The number of ether oxygens (including phenoxy) is 3. The maximum absolute atomic E-state index is 13.5. The van der Waals surface area contributed by atoms with Gasteiger partial charge in [0.2, 0.25) is 11.8 Å². The molecule has 0 unspecified atom stereocenters. The Morgan fingerprint density at radius 3 is 2.00 bits per heavy atom. The minimum atomic E-state index is -0.399. The van der Waals surface area contributed by atoms with Crippen LogP contribution >= 0.6 is 0 Å². The van der Waals surface area contributed by atoms with Gasteiger partial charge in [-0.25, -0.2) is 0 Å². The van der Waals surface area contributed by atoms with Gasteiger partial charge in [0, 0.05) is 23.4 Å². The van der Waals surface area contributed by atoms with Crippen LogP contribution in [0.4, 0.5) is 5.69 Å². The lowest BCUT2D eigenvalue weighted by Gasteiger charge is -2.34. The zero-order valence-electron chi connectivity index (χ0n) is 20.5. The van der Waals surface area contributed by atoms with Crippen molar-refractivity contribution in [1.29, 1.82) is 0 Å². The second kappa shape index (κ2) is 12.6. The van der Waals surface area contributed by atoms with Crippen molar-refractivity contribution in [2.45, 2.75) is 38.1 Å². The van der Waals surface area contributed by atoms with Crippen molar-refractivity contribution in [3.8, 4) is 17.2 Å². The SMILES string of the molecule is COc1ccc(NC(=O)CNC(=O)CN(C(=O)c2cc(OC)cc(OC)c2)C2CCCCC2)cc1. The topological polar surface area (TPSA) is 106 Å². The first-order chi connectivity index (χ1) is 16.9. The van der Waals surface area contributed by atoms with Gasteiger partial charge < -0.3 is 29.7 Å². The van der Waals surface area contributed by atoms with Crippen LogP contribution in [0.5, 0.6) is 17.2 Å². The summed E-state index contributed by atoms with van der Waals surface area (Å²) in [5.41, 5.74) is 0.979. The fraction of sp³-hybridized carbons (Fsp3) is 0.423. The Hall–Kier alpha value is -3.75. The number of rotatable bonds is 10. The predicted molar refractivity (Wildman–Crippen MR) is 132 cm³/mol. The van der Waals surface area contributed by atoms with Gasteiger partial charge in [0.1, 0.15) is 23.8 Å². The molecule has 9 nitrogen and oxygen atoms in total. The lowest BCUT2D eigenvalue weighted by Crippen LogP contribution is -2.48. The highest BCUT2D eigenvalue weighted by Gasteiger charge is 2.29. The van der Waals surface area contributed by atoms with Crippen molar-refractivity contribution in [1.82, 2.24) is 10.2 Å². The zero-order valence-corrected chi connectivity index (χ0v) is 20.5. The molecule has 1 aliphatic rings. The molecule has 1 fully saturated rings. The maximum Gasteiger partial charge on any atom is 0.254 e. The summed E-state index contributed by atoms with van der Waals surface area (Å²) >= 11 is 0. The van der Waals surface area contributed by atoms with E-state index in [0.717, 1.165) is 32.1 Å². The molecule has 0 aliphatic heterocycles. The van der Waals surface area contributed by atoms with Crippen LogP contribution in [0.25, 0.3) is 0 Å². The number of hydrogen-bond donors (Lipinski definition) is 2. The van der Waals surface area contributed by atoms with Gasteiger partial charge in [0.15, 0.2) is 0 Å². The van der Waals surface area contributed by atoms with Gasteiger partial charge in [-0.05, 0) is 49.2 Å². The van der Waals surface area contributed by atoms with Crippen LogP contribution in [0.3, 0.4) is 0 Å². The summed E-state index contributed by atoms with van der Waals surface area (Å²) in [7, 11) is 4.61. The van der Waals surface area contributed by atoms with Crippen LogP contribution in [0.2, 0.25) is 0 Å². The summed E-state index contributed by atoms with van der Waals surface area (Å²) in [5, 5.41) is 5.35. The second-order valence-corrected chi connectivity index (χ2v) is 8.38. The molecule has 188 valence electrons. The van der Waals surface area contributed by atoms with Crippen LogP contribution in [0.15, 0.2) is 42.5 Å². The summed E-state index contributed by atoms with van der Waals surface area (Å²) in [6.07, 6.45) is 4.78. The lowest BCUT2D eigenvalue weighted by molar-refractivity contribution is -0.125. The monoisotopic (exact) mass is 483 g/mol. The van der Waals surface area contributed by atoms with Gasteiger partial charge >= 0.3 is 0 Å². The van der Waals surface area contributed by atoms with Crippen LogP contribution in [-0.2, 0) is 9.59 Å². The number of nitrogens with one attached hydrogen (secondary N) is 2. The highest BCUT2D eigenvalue weighted by molar-refractivity contribution is 5.98. The van der Waals surface area contributed by atoms with Crippen LogP contribution in [-0.4, -0.2) is 63.1 Å². The molecule has 9 heteroatoms. The highest BCUT2D eigenvalue weighted by Crippen LogP contribution is 2.27. The number of carbonyl (C=O) groups is 3. The molecule has 35 heavy (non-hydrogen) atoms. The van der Waals surface area contributed by atoms with Crippen molar-refractivity contribution in [2.75, 3.05) is 39.7 Å². The number of carbonyl (C=O) groups excluding carboxylic acids is 3. The Kier molecular flexibility index (Phi) is 9.34. The smallest absolute Gasteiger partial charge is 0.254 e. The van der Waals surface area contributed by atoms with E-state index >= 15 is 0 Å². The summed E-state index contributed by atoms with van der Waals surface area (Å²) in [6, 6.07) is 11.8. The average molecular weight is 484 g/mol. The quantitative estimate of drug-likeness (QED) is 0.537. The largest absolute Gasteiger partial charge is 0.497 e. The number of anilines is 1. The molecule has 0 radical (unpaired) electrons. The van der Waals surface area contributed by atoms with E-state index in [9.17, 15) is 14.4 Å². The highest BCUT2D eigenvalue weighted by atomic mass is 16.5. The summed E-state index contributed by atoms with van der Waals surface area (Å²) in [4.78, 5) is 40.2. The first-order valence-electron chi connectivity index (χ1n) is 11.7. The molecular formula is C26H33N3O6. The third-order valence-electron chi connectivity index (χ3n) is 6.01. The molecule has 0 atom stereocenters. The number of hydrogen-bond acceptors (Lipinski definition) is 6. The fourth-order valence-electron chi connectivity index (χ4n) is 4.13. The van der Waals surface area contributed by atoms with Crippen LogP contribution in [0.1, 0.15) is 42.5 Å². The summed E-state index contributed by atoms with van der Waals surface area (Å²) in [5.74, 6) is 0.636. The minimum Gasteiger partial charge on any atom is -0.497 e. The Balaban J connectivity index is 1.65.